The summed E-state index contributed by atoms with van der Waals surface area (Å²) in [6.07, 6.45) is 0.165. The average Bonchev–Trinajstić information content (AvgIpc) is 2.37. The number of hydrogen-bond acceptors (Lipinski definition) is 8. The first kappa shape index (κ1) is 16.2. The van der Waals surface area contributed by atoms with Gasteiger partial charge in [-0.25, -0.2) is 4.98 Å². The molecule has 9 heteroatoms. The van der Waals surface area contributed by atoms with Crippen LogP contribution in [-0.4, -0.2) is 40.3 Å². The second-order valence-corrected chi connectivity index (χ2v) is 4.83. The number of hydrogen-bond donors (Lipinski definition) is 1. The van der Waals surface area contributed by atoms with E-state index in [2.05, 4.69) is 20.0 Å². The second-order valence-electron chi connectivity index (χ2n) is 3.75. The lowest BCUT2D eigenvalue weighted by atomic mass is 10.4. The number of aromatic nitrogens is 2. The van der Waals surface area contributed by atoms with Gasteiger partial charge in [-0.3, -0.25) is 14.9 Å². The molecule has 0 atom stereocenters. The van der Waals surface area contributed by atoms with Crippen LogP contribution in [0.3, 0.4) is 0 Å². The van der Waals surface area contributed by atoms with E-state index in [9.17, 15) is 14.9 Å². The van der Waals surface area contributed by atoms with Crippen LogP contribution in [-0.2, 0) is 9.53 Å². The molecule has 110 valence electrons. The van der Waals surface area contributed by atoms with Gasteiger partial charge in [-0.05, 0) is 13.8 Å². The highest BCUT2D eigenvalue weighted by Crippen LogP contribution is 2.30. The van der Waals surface area contributed by atoms with Crippen molar-refractivity contribution in [3.63, 3.8) is 0 Å². The predicted molar refractivity (Wildman–Crippen MR) is 74.9 cm³/mol. The third kappa shape index (κ3) is 4.34. The minimum Gasteiger partial charge on any atom is -0.469 e. The van der Waals surface area contributed by atoms with Crippen molar-refractivity contribution in [3.05, 3.63) is 15.8 Å². The number of carbonyl (C=O) groups is 1. The first-order valence-corrected chi connectivity index (χ1v) is 6.94. The van der Waals surface area contributed by atoms with E-state index in [4.69, 9.17) is 0 Å². The zero-order valence-electron chi connectivity index (χ0n) is 11.5. The molecular formula is C11H16N4O4S. The van der Waals surface area contributed by atoms with E-state index in [1.165, 1.54) is 7.11 Å². The molecule has 1 rings (SSSR count). The van der Waals surface area contributed by atoms with E-state index in [0.29, 0.717) is 23.9 Å². The molecule has 0 saturated carbocycles. The minimum atomic E-state index is -0.508. The lowest BCUT2D eigenvalue weighted by Gasteiger charge is -2.07. The SMILES string of the molecule is CCNc1nc(C)c([N+](=O)[O-])c(SCCC(=O)OC)n1. The number of aryl methyl sites for hydroxylation is 1. The van der Waals surface area contributed by atoms with Crippen LogP contribution >= 0.6 is 11.8 Å². The zero-order chi connectivity index (χ0) is 15.1. The molecule has 0 radical (unpaired) electrons. The smallest absolute Gasteiger partial charge is 0.322 e. The summed E-state index contributed by atoms with van der Waals surface area (Å²) in [5.41, 5.74) is 0.169. The Morgan fingerprint density at radius 3 is 2.75 bits per heavy atom. The van der Waals surface area contributed by atoms with E-state index >= 15 is 0 Å². The van der Waals surface area contributed by atoms with Crippen LogP contribution < -0.4 is 5.32 Å². The van der Waals surface area contributed by atoms with Crippen molar-refractivity contribution in [1.29, 1.82) is 0 Å². The standard InChI is InChI=1S/C11H16N4O4S/c1-4-12-11-13-7(2)9(15(17)18)10(14-11)20-6-5-8(16)19-3/h4-6H2,1-3H3,(H,12,13,14). The highest BCUT2D eigenvalue weighted by atomic mass is 32.2. The molecule has 0 spiro atoms. The van der Waals surface area contributed by atoms with Crippen molar-refractivity contribution in [2.45, 2.75) is 25.3 Å². The summed E-state index contributed by atoms with van der Waals surface area (Å²) in [5, 5.41) is 14.2. The Morgan fingerprint density at radius 2 is 2.20 bits per heavy atom. The van der Waals surface area contributed by atoms with Crippen LogP contribution in [0.4, 0.5) is 11.6 Å². The fraction of sp³-hybridized carbons (Fsp3) is 0.545. The first-order valence-electron chi connectivity index (χ1n) is 5.96. The zero-order valence-corrected chi connectivity index (χ0v) is 12.3. The molecule has 0 aromatic carbocycles. The number of thioether (sulfide) groups is 1. The molecule has 1 heterocycles. The number of nitrogens with one attached hydrogen (secondary N) is 1. The quantitative estimate of drug-likeness (QED) is 0.267. The highest BCUT2D eigenvalue weighted by Gasteiger charge is 2.22. The van der Waals surface area contributed by atoms with Gasteiger partial charge in [0.2, 0.25) is 5.95 Å². The molecule has 1 aromatic rings. The van der Waals surface area contributed by atoms with Gasteiger partial charge in [0.25, 0.3) is 0 Å². The third-order valence-corrected chi connectivity index (χ3v) is 3.28. The Morgan fingerprint density at radius 1 is 1.50 bits per heavy atom. The number of carbonyl (C=O) groups excluding carboxylic acids is 1. The van der Waals surface area contributed by atoms with Gasteiger partial charge >= 0.3 is 11.7 Å². The molecule has 1 N–H and O–H groups in total. The van der Waals surface area contributed by atoms with Gasteiger partial charge in [0.1, 0.15) is 5.69 Å². The van der Waals surface area contributed by atoms with Crippen LogP contribution in [0.25, 0.3) is 0 Å². The Hall–Kier alpha value is -1.90. The van der Waals surface area contributed by atoms with E-state index in [1.807, 2.05) is 6.92 Å². The third-order valence-electron chi connectivity index (χ3n) is 2.32. The molecule has 0 fully saturated rings. The fourth-order valence-electron chi connectivity index (χ4n) is 1.42. The molecular weight excluding hydrogens is 284 g/mol. The maximum atomic E-state index is 11.1. The van der Waals surface area contributed by atoms with E-state index in [1.54, 1.807) is 6.92 Å². The number of anilines is 1. The van der Waals surface area contributed by atoms with Gasteiger partial charge in [0.15, 0.2) is 5.03 Å². The van der Waals surface area contributed by atoms with E-state index < -0.39 is 4.92 Å². The average molecular weight is 300 g/mol. The Kier molecular flexibility index (Phi) is 6.16. The fourth-order valence-corrected chi connectivity index (χ4v) is 2.39. The maximum Gasteiger partial charge on any atom is 0.322 e. The van der Waals surface area contributed by atoms with Crippen LogP contribution in [0, 0.1) is 17.0 Å². The lowest BCUT2D eigenvalue weighted by molar-refractivity contribution is -0.389. The summed E-state index contributed by atoms with van der Waals surface area (Å²) in [6, 6.07) is 0. The van der Waals surface area contributed by atoms with Crippen molar-refractivity contribution in [2.24, 2.45) is 0 Å². The monoisotopic (exact) mass is 300 g/mol. The highest BCUT2D eigenvalue weighted by molar-refractivity contribution is 7.99. The van der Waals surface area contributed by atoms with Crippen LogP contribution in [0.5, 0.6) is 0 Å². The minimum absolute atomic E-state index is 0.124. The summed E-state index contributed by atoms with van der Waals surface area (Å²) >= 11 is 1.14. The second kappa shape index (κ2) is 7.63. The number of nitro groups is 1. The van der Waals surface area contributed by atoms with Crippen molar-refractivity contribution in [1.82, 2.24) is 9.97 Å². The summed E-state index contributed by atoms with van der Waals surface area (Å²) in [6.45, 7) is 4.05. The summed E-state index contributed by atoms with van der Waals surface area (Å²) in [4.78, 5) is 29.7. The van der Waals surface area contributed by atoms with Crippen molar-refractivity contribution in [2.75, 3.05) is 24.7 Å². The largest absolute Gasteiger partial charge is 0.469 e. The number of ether oxygens (including phenoxy) is 1. The van der Waals surface area contributed by atoms with E-state index in [0.717, 1.165) is 11.8 Å². The van der Waals surface area contributed by atoms with Crippen LogP contribution in [0.1, 0.15) is 19.0 Å². The van der Waals surface area contributed by atoms with Gasteiger partial charge < -0.3 is 10.1 Å². The number of methoxy groups -OCH3 is 1. The number of nitrogens with zero attached hydrogens (tertiary/aromatic N) is 3. The van der Waals surface area contributed by atoms with Crippen molar-refractivity contribution >= 4 is 29.4 Å². The van der Waals surface area contributed by atoms with E-state index in [-0.39, 0.29) is 23.1 Å². The predicted octanol–water partition coefficient (Wildman–Crippen LogP) is 1.78. The van der Waals surface area contributed by atoms with Gasteiger partial charge in [0, 0.05) is 12.3 Å². The molecule has 0 aliphatic heterocycles. The van der Waals surface area contributed by atoms with Gasteiger partial charge in [-0.1, -0.05) is 11.8 Å². The van der Waals surface area contributed by atoms with Gasteiger partial charge in [-0.2, -0.15) is 4.98 Å². The topological polar surface area (TPSA) is 107 Å². The van der Waals surface area contributed by atoms with Crippen LogP contribution in [0.2, 0.25) is 0 Å². The molecule has 1 aromatic heterocycles. The van der Waals surface area contributed by atoms with Gasteiger partial charge in [-0.15, -0.1) is 0 Å². The van der Waals surface area contributed by atoms with Crippen molar-refractivity contribution in [3.8, 4) is 0 Å². The maximum absolute atomic E-state index is 11.1. The summed E-state index contributed by atoms with van der Waals surface area (Å²) < 4.78 is 4.52. The van der Waals surface area contributed by atoms with Crippen molar-refractivity contribution < 1.29 is 14.5 Å². The lowest BCUT2D eigenvalue weighted by Crippen LogP contribution is -2.08. The molecule has 0 unspecified atom stereocenters. The molecule has 0 saturated heterocycles. The van der Waals surface area contributed by atoms with Crippen LogP contribution in [0.15, 0.2) is 5.03 Å². The first-order chi connectivity index (χ1) is 9.49. The summed E-state index contributed by atoms with van der Waals surface area (Å²) in [7, 11) is 1.30. The molecule has 0 aliphatic rings. The number of rotatable bonds is 7. The molecule has 8 nitrogen and oxygen atoms in total. The molecule has 0 amide bonds. The molecule has 0 aliphatic carbocycles. The summed E-state index contributed by atoms with van der Waals surface area (Å²) in [5.74, 6) is 0.337. The Bertz CT molecular complexity index is 509. The molecule has 0 bridgehead atoms. The molecule has 20 heavy (non-hydrogen) atoms. The van der Waals surface area contributed by atoms with Gasteiger partial charge in [0.05, 0.1) is 18.5 Å². The number of esters is 1. The Labute approximate surface area is 120 Å². The Balaban J connectivity index is 2.95. The normalized spacial score (nSPS) is 10.2.